The molecule has 6 nitrogen and oxygen atoms in total. The van der Waals surface area contributed by atoms with Gasteiger partial charge in [-0.1, -0.05) is 0 Å². The van der Waals surface area contributed by atoms with Gasteiger partial charge in [0.25, 0.3) is 0 Å². The van der Waals surface area contributed by atoms with Crippen molar-refractivity contribution in [3.63, 3.8) is 0 Å². The van der Waals surface area contributed by atoms with E-state index in [2.05, 4.69) is 10.2 Å². The lowest BCUT2D eigenvalue weighted by Crippen LogP contribution is -2.52. The Balaban J connectivity index is 1.63. The minimum Gasteiger partial charge on any atom is -0.454 e. The summed E-state index contributed by atoms with van der Waals surface area (Å²) in [5.41, 5.74) is 0.718. The molecule has 2 heterocycles. The number of benzene rings is 1. The summed E-state index contributed by atoms with van der Waals surface area (Å²) in [7, 11) is 0. The molecule has 0 aliphatic carbocycles. The first kappa shape index (κ1) is 15.1. The van der Waals surface area contributed by atoms with Crippen molar-refractivity contribution >= 4 is 11.6 Å². The summed E-state index contributed by atoms with van der Waals surface area (Å²) in [6.45, 7) is 7.75. The van der Waals surface area contributed by atoms with Crippen LogP contribution in [0.15, 0.2) is 18.2 Å². The first-order valence-corrected chi connectivity index (χ1v) is 7.63. The third kappa shape index (κ3) is 3.18. The maximum absolute atomic E-state index is 12.5. The number of fused-ring (bicyclic) bond motifs is 1. The second-order valence-corrected chi connectivity index (χ2v) is 5.94. The minimum absolute atomic E-state index is 0.0276. The van der Waals surface area contributed by atoms with Crippen LogP contribution in [-0.2, 0) is 9.53 Å². The highest BCUT2D eigenvalue weighted by Crippen LogP contribution is 2.34. The number of anilines is 1. The Morgan fingerprint density at radius 3 is 2.64 bits per heavy atom. The van der Waals surface area contributed by atoms with Crippen molar-refractivity contribution < 1.29 is 19.0 Å². The molecule has 1 aromatic rings. The Morgan fingerprint density at radius 2 is 1.91 bits per heavy atom. The van der Waals surface area contributed by atoms with Gasteiger partial charge in [0.15, 0.2) is 11.5 Å². The molecule has 0 radical (unpaired) electrons. The van der Waals surface area contributed by atoms with Crippen molar-refractivity contribution in [1.29, 1.82) is 0 Å². The molecule has 1 aromatic carbocycles. The van der Waals surface area contributed by atoms with E-state index in [4.69, 9.17) is 14.2 Å². The van der Waals surface area contributed by atoms with Gasteiger partial charge in [0.05, 0.1) is 18.2 Å². The molecule has 0 bridgehead atoms. The molecule has 0 aromatic heterocycles. The summed E-state index contributed by atoms with van der Waals surface area (Å²) < 4.78 is 16.3. The molecule has 22 heavy (non-hydrogen) atoms. The molecule has 6 heteroatoms. The molecular formula is C16H22N2O4. The van der Waals surface area contributed by atoms with Crippen LogP contribution in [0.1, 0.15) is 20.8 Å². The summed E-state index contributed by atoms with van der Waals surface area (Å²) >= 11 is 0. The van der Waals surface area contributed by atoms with Crippen molar-refractivity contribution in [2.45, 2.75) is 39.0 Å². The summed E-state index contributed by atoms with van der Waals surface area (Å²) in [6, 6.07) is 5.21. The number of carbonyl (C=O) groups excluding carboxylic acids is 1. The zero-order chi connectivity index (χ0) is 15.7. The molecule has 1 saturated heterocycles. The van der Waals surface area contributed by atoms with E-state index in [1.54, 1.807) is 6.07 Å². The molecule has 1 fully saturated rings. The number of nitrogens with one attached hydrogen (secondary N) is 1. The zero-order valence-corrected chi connectivity index (χ0v) is 13.2. The molecule has 0 saturated carbocycles. The SMILES string of the molecule is C[C@@H]1CN([C@@H](C)C(=O)Nc2ccc3c(c2)OCO3)C[C@@H](C)O1. The van der Waals surface area contributed by atoms with Gasteiger partial charge in [-0.25, -0.2) is 0 Å². The highest BCUT2D eigenvalue weighted by atomic mass is 16.7. The lowest BCUT2D eigenvalue weighted by atomic mass is 10.1. The number of rotatable bonds is 3. The van der Waals surface area contributed by atoms with E-state index in [0.29, 0.717) is 11.5 Å². The van der Waals surface area contributed by atoms with Crippen molar-refractivity contribution in [2.24, 2.45) is 0 Å². The third-order valence-corrected chi connectivity index (χ3v) is 4.02. The van der Waals surface area contributed by atoms with Crippen LogP contribution in [0.25, 0.3) is 0 Å². The van der Waals surface area contributed by atoms with Crippen LogP contribution >= 0.6 is 0 Å². The van der Waals surface area contributed by atoms with E-state index in [1.807, 2.05) is 32.9 Å². The number of carbonyl (C=O) groups is 1. The topological polar surface area (TPSA) is 60.0 Å². The molecule has 2 aliphatic rings. The van der Waals surface area contributed by atoms with E-state index < -0.39 is 0 Å². The quantitative estimate of drug-likeness (QED) is 0.923. The number of hydrogen-bond donors (Lipinski definition) is 1. The fraction of sp³-hybridized carbons (Fsp3) is 0.562. The van der Waals surface area contributed by atoms with Gasteiger partial charge in [0, 0.05) is 24.8 Å². The Labute approximate surface area is 130 Å². The maximum atomic E-state index is 12.5. The predicted molar refractivity (Wildman–Crippen MR) is 82.2 cm³/mol. The van der Waals surface area contributed by atoms with Crippen molar-refractivity contribution in [1.82, 2.24) is 4.90 Å². The normalized spacial score (nSPS) is 25.8. The zero-order valence-electron chi connectivity index (χ0n) is 13.2. The number of amides is 1. The van der Waals surface area contributed by atoms with Crippen LogP contribution in [0, 0.1) is 0 Å². The first-order valence-electron chi connectivity index (χ1n) is 7.63. The minimum atomic E-state index is -0.209. The maximum Gasteiger partial charge on any atom is 0.241 e. The molecule has 3 rings (SSSR count). The monoisotopic (exact) mass is 306 g/mol. The lowest BCUT2D eigenvalue weighted by Gasteiger charge is -2.38. The van der Waals surface area contributed by atoms with Crippen LogP contribution in [0.3, 0.4) is 0 Å². The van der Waals surface area contributed by atoms with Gasteiger partial charge < -0.3 is 19.5 Å². The molecule has 3 atom stereocenters. The van der Waals surface area contributed by atoms with E-state index in [9.17, 15) is 4.79 Å². The molecule has 1 amide bonds. The molecule has 120 valence electrons. The largest absolute Gasteiger partial charge is 0.454 e. The van der Waals surface area contributed by atoms with Gasteiger partial charge in [-0.3, -0.25) is 9.69 Å². The molecule has 2 aliphatic heterocycles. The Kier molecular flexibility index (Phi) is 4.22. The Morgan fingerprint density at radius 1 is 1.23 bits per heavy atom. The Bertz CT molecular complexity index is 553. The fourth-order valence-electron chi connectivity index (χ4n) is 2.92. The van der Waals surface area contributed by atoms with E-state index in [1.165, 1.54) is 0 Å². The van der Waals surface area contributed by atoms with Crippen molar-refractivity contribution in [3.8, 4) is 11.5 Å². The second-order valence-electron chi connectivity index (χ2n) is 5.94. The highest BCUT2D eigenvalue weighted by Gasteiger charge is 2.29. The predicted octanol–water partition coefficient (Wildman–Crippen LogP) is 1.85. The van der Waals surface area contributed by atoms with Crippen LogP contribution in [0.5, 0.6) is 11.5 Å². The summed E-state index contributed by atoms with van der Waals surface area (Å²) in [5, 5.41) is 2.94. The molecule has 0 spiro atoms. The van der Waals surface area contributed by atoms with Gasteiger partial charge in [0.2, 0.25) is 12.7 Å². The fourth-order valence-corrected chi connectivity index (χ4v) is 2.92. The van der Waals surface area contributed by atoms with E-state index in [-0.39, 0.29) is 30.9 Å². The summed E-state index contributed by atoms with van der Waals surface area (Å²) in [4.78, 5) is 14.6. The van der Waals surface area contributed by atoms with Crippen molar-refractivity contribution in [3.05, 3.63) is 18.2 Å². The average Bonchev–Trinajstić information content (AvgIpc) is 2.93. The smallest absolute Gasteiger partial charge is 0.241 e. The van der Waals surface area contributed by atoms with Crippen LogP contribution in [0.2, 0.25) is 0 Å². The van der Waals surface area contributed by atoms with Gasteiger partial charge >= 0.3 is 0 Å². The first-order chi connectivity index (χ1) is 10.5. The van der Waals surface area contributed by atoms with Crippen molar-refractivity contribution in [2.75, 3.05) is 25.2 Å². The highest BCUT2D eigenvalue weighted by molar-refractivity contribution is 5.94. The van der Waals surface area contributed by atoms with Crippen LogP contribution in [-0.4, -0.2) is 48.9 Å². The Hall–Kier alpha value is -1.79. The van der Waals surface area contributed by atoms with Gasteiger partial charge in [-0.15, -0.1) is 0 Å². The van der Waals surface area contributed by atoms with Crippen LogP contribution < -0.4 is 14.8 Å². The number of morpholine rings is 1. The number of ether oxygens (including phenoxy) is 3. The summed E-state index contributed by atoms with van der Waals surface area (Å²) in [6.07, 6.45) is 0.286. The van der Waals surface area contributed by atoms with Gasteiger partial charge in [-0.2, -0.15) is 0 Å². The van der Waals surface area contributed by atoms with Gasteiger partial charge in [0.1, 0.15) is 0 Å². The van der Waals surface area contributed by atoms with Gasteiger partial charge in [-0.05, 0) is 32.9 Å². The lowest BCUT2D eigenvalue weighted by molar-refractivity contribution is -0.126. The number of hydrogen-bond acceptors (Lipinski definition) is 5. The van der Waals surface area contributed by atoms with E-state index in [0.717, 1.165) is 18.8 Å². The molecular weight excluding hydrogens is 284 g/mol. The van der Waals surface area contributed by atoms with Crippen LogP contribution in [0.4, 0.5) is 5.69 Å². The van der Waals surface area contributed by atoms with E-state index >= 15 is 0 Å². The standard InChI is InChI=1S/C16H22N2O4/c1-10-7-18(8-11(2)22-10)12(3)16(19)17-13-4-5-14-15(6-13)21-9-20-14/h4-6,10-12H,7-9H2,1-3H3,(H,17,19)/t10-,11-,12+/m1/s1. The number of nitrogens with zero attached hydrogens (tertiary/aromatic N) is 1. The summed E-state index contributed by atoms with van der Waals surface area (Å²) in [5.74, 6) is 1.35. The average molecular weight is 306 g/mol. The third-order valence-electron chi connectivity index (χ3n) is 4.02. The molecule has 1 N–H and O–H groups in total. The molecule has 0 unspecified atom stereocenters. The second kappa shape index (κ2) is 6.14.